The highest BCUT2D eigenvalue weighted by Gasteiger charge is 2.09. The van der Waals surface area contributed by atoms with Gasteiger partial charge < -0.3 is 5.32 Å². The van der Waals surface area contributed by atoms with Crippen molar-refractivity contribution in [1.29, 1.82) is 0 Å². The summed E-state index contributed by atoms with van der Waals surface area (Å²) in [5, 5.41) is 3.48. The van der Waals surface area contributed by atoms with Crippen LogP contribution in [-0.4, -0.2) is 6.54 Å². The van der Waals surface area contributed by atoms with Gasteiger partial charge in [-0.2, -0.15) is 0 Å². The Balaban J connectivity index is 2.11. The summed E-state index contributed by atoms with van der Waals surface area (Å²) >= 11 is 5.20. The summed E-state index contributed by atoms with van der Waals surface area (Å²) in [5.74, 6) is -0.201. The van der Waals surface area contributed by atoms with Gasteiger partial charge in [0.05, 0.1) is 0 Å². The number of nitrogens with one attached hydrogen (secondary N) is 1. The van der Waals surface area contributed by atoms with Crippen molar-refractivity contribution in [2.24, 2.45) is 0 Å². The molecule has 1 nitrogen and oxygen atoms in total. The molecule has 0 aliphatic carbocycles. The number of hydrogen-bond acceptors (Lipinski definition) is 2. The molecule has 2 aromatic carbocycles. The smallest absolute Gasteiger partial charge is 0.124 e. The molecule has 2 rings (SSSR count). The van der Waals surface area contributed by atoms with Crippen LogP contribution in [-0.2, 0) is 0 Å². The minimum Gasteiger partial charge on any atom is -0.310 e. The molecule has 0 aliphatic rings. The molecule has 0 bridgehead atoms. The first-order valence-electron chi connectivity index (χ1n) is 7.06. The first-order chi connectivity index (χ1) is 10.1. The number of rotatable bonds is 6. The van der Waals surface area contributed by atoms with Crippen molar-refractivity contribution < 1.29 is 4.39 Å². The lowest BCUT2D eigenvalue weighted by Crippen LogP contribution is -2.19. The fourth-order valence-electron chi connectivity index (χ4n) is 2.06. The molecule has 0 saturated heterocycles. The molecule has 4 heteroatoms. The molecule has 0 heterocycles. The third kappa shape index (κ3) is 4.83. The molecular formula is C17H19BrFNS. The molecule has 0 saturated carbocycles. The second kappa shape index (κ2) is 7.97. The van der Waals surface area contributed by atoms with Gasteiger partial charge in [-0.05, 0) is 55.8 Å². The van der Waals surface area contributed by atoms with Crippen molar-refractivity contribution in [1.82, 2.24) is 5.32 Å². The molecule has 2 aromatic rings. The second-order valence-electron chi connectivity index (χ2n) is 4.92. The Bertz CT molecular complexity index is 603. The first-order valence-corrected chi connectivity index (χ1v) is 8.67. The van der Waals surface area contributed by atoms with Crippen LogP contribution in [0.15, 0.2) is 56.7 Å². The molecule has 0 fully saturated rings. The van der Waals surface area contributed by atoms with Crippen LogP contribution in [0.5, 0.6) is 0 Å². The predicted molar refractivity (Wildman–Crippen MR) is 91.4 cm³/mol. The van der Waals surface area contributed by atoms with Crippen LogP contribution in [0.4, 0.5) is 4.39 Å². The maximum atomic E-state index is 13.2. The zero-order valence-corrected chi connectivity index (χ0v) is 14.6. The third-order valence-electron chi connectivity index (χ3n) is 3.17. The van der Waals surface area contributed by atoms with E-state index in [9.17, 15) is 4.39 Å². The third-order valence-corrected chi connectivity index (χ3v) is 4.84. The first kappa shape index (κ1) is 16.5. The molecule has 112 valence electrons. The Labute approximate surface area is 138 Å². The summed E-state index contributed by atoms with van der Waals surface area (Å²) in [4.78, 5) is 2.01. The van der Waals surface area contributed by atoms with Crippen molar-refractivity contribution in [3.8, 4) is 0 Å². The van der Waals surface area contributed by atoms with E-state index < -0.39 is 0 Å². The fourth-order valence-corrected chi connectivity index (χ4v) is 3.84. The highest BCUT2D eigenvalue weighted by molar-refractivity contribution is 9.10. The number of hydrogen-bond donors (Lipinski definition) is 1. The van der Waals surface area contributed by atoms with Gasteiger partial charge in [-0.15, -0.1) is 0 Å². The van der Waals surface area contributed by atoms with E-state index >= 15 is 0 Å². The van der Waals surface area contributed by atoms with Crippen molar-refractivity contribution >= 4 is 27.7 Å². The van der Waals surface area contributed by atoms with Gasteiger partial charge in [0.25, 0.3) is 0 Å². The largest absolute Gasteiger partial charge is 0.310 e. The maximum Gasteiger partial charge on any atom is 0.124 e. The Morgan fingerprint density at radius 3 is 2.62 bits per heavy atom. The normalized spacial score (nSPS) is 12.4. The number of halogens is 2. The van der Waals surface area contributed by atoms with Crippen molar-refractivity contribution in [2.75, 3.05) is 6.54 Å². The maximum absolute atomic E-state index is 13.2. The molecule has 0 spiro atoms. The lowest BCUT2D eigenvalue weighted by molar-refractivity contribution is 0.568. The van der Waals surface area contributed by atoms with Gasteiger partial charge in [0.1, 0.15) is 5.82 Å². The van der Waals surface area contributed by atoms with Crippen LogP contribution in [0.25, 0.3) is 0 Å². The minimum absolute atomic E-state index is 0.201. The van der Waals surface area contributed by atoms with Crippen molar-refractivity contribution in [3.63, 3.8) is 0 Å². The predicted octanol–water partition coefficient (Wildman–Crippen LogP) is 5.80. The van der Waals surface area contributed by atoms with Crippen LogP contribution in [0.3, 0.4) is 0 Å². The molecule has 0 aromatic heterocycles. The standard InChI is InChI=1S/C17H19BrFNS/c1-3-9-20-12(2)16-8-7-15(11-17(16)18)21-14-6-4-5-13(19)10-14/h4-8,10-12,20H,3,9H2,1-2H3. The average Bonchev–Trinajstić information content (AvgIpc) is 2.45. The molecule has 0 radical (unpaired) electrons. The molecule has 0 aliphatic heterocycles. The zero-order chi connectivity index (χ0) is 15.2. The Hall–Kier alpha value is -0.840. The van der Waals surface area contributed by atoms with E-state index in [0.29, 0.717) is 6.04 Å². The highest BCUT2D eigenvalue weighted by Crippen LogP contribution is 2.33. The van der Waals surface area contributed by atoms with Gasteiger partial charge in [0.2, 0.25) is 0 Å². The van der Waals surface area contributed by atoms with E-state index in [0.717, 1.165) is 27.2 Å². The summed E-state index contributed by atoms with van der Waals surface area (Å²) in [7, 11) is 0. The lowest BCUT2D eigenvalue weighted by atomic mass is 10.1. The van der Waals surface area contributed by atoms with E-state index in [1.54, 1.807) is 23.9 Å². The van der Waals surface area contributed by atoms with Gasteiger partial charge >= 0.3 is 0 Å². The van der Waals surface area contributed by atoms with Gasteiger partial charge in [-0.1, -0.05) is 46.7 Å². The SMILES string of the molecule is CCCNC(C)c1ccc(Sc2cccc(F)c2)cc1Br. The summed E-state index contributed by atoms with van der Waals surface area (Å²) in [6, 6.07) is 13.3. The van der Waals surface area contributed by atoms with E-state index in [4.69, 9.17) is 0 Å². The molecule has 1 atom stereocenters. The van der Waals surface area contributed by atoms with Crippen LogP contribution in [0.2, 0.25) is 0 Å². The molecular weight excluding hydrogens is 349 g/mol. The van der Waals surface area contributed by atoms with Gasteiger partial charge in [0, 0.05) is 20.3 Å². The van der Waals surface area contributed by atoms with E-state index in [1.807, 2.05) is 6.07 Å². The number of benzene rings is 2. The zero-order valence-electron chi connectivity index (χ0n) is 12.2. The van der Waals surface area contributed by atoms with E-state index in [2.05, 4.69) is 53.3 Å². The monoisotopic (exact) mass is 367 g/mol. The summed E-state index contributed by atoms with van der Waals surface area (Å²) in [5.41, 5.74) is 1.24. The fraction of sp³-hybridized carbons (Fsp3) is 0.294. The Kier molecular flexibility index (Phi) is 6.27. The van der Waals surface area contributed by atoms with Gasteiger partial charge in [0.15, 0.2) is 0 Å². The van der Waals surface area contributed by atoms with E-state index in [1.165, 1.54) is 11.6 Å². The molecule has 1 unspecified atom stereocenters. The quantitative estimate of drug-likeness (QED) is 0.692. The summed E-state index contributed by atoms with van der Waals surface area (Å²) < 4.78 is 14.3. The van der Waals surface area contributed by atoms with Crippen LogP contribution in [0, 0.1) is 5.82 Å². The van der Waals surface area contributed by atoms with Gasteiger partial charge in [-0.3, -0.25) is 0 Å². The Morgan fingerprint density at radius 1 is 1.19 bits per heavy atom. The molecule has 21 heavy (non-hydrogen) atoms. The molecule has 0 amide bonds. The van der Waals surface area contributed by atoms with Crippen LogP contribution in [0.1, 0.15) is 31.9 Å². The summed E-state index contributed by atoms with van der Waals surface area (Å²) in [6.45, 7) is 5.33. The second-order valence-corrected chi connectivity index (χ2v) is 6.92. The van der Waals surface area contributed by atoms with Gasteiger partial charge in [-0.25, -0.2) is 4.39 Å². The van der Waals surface area contributed by atoms with Crippen molar-refractivity contribution in [2.45, 2.75) is 36.1 Å². The van der Waals surface area contributed by atoms with Crippen LogP contribution < -0.4 is 5.32 Å². The Morgan fingerprint density at radius 2 is 1.95 bits per heavy atom. The topological polar surface area (TPSA) is 12.0 Å². The van der Waals surface area contributed by atoms with E-state index in [-0.39, 0.29) is 5.82 Å². The summed E-state index contributed by atoms with van der Waals surface area (Å²) in [6.07, 6.45) is 1.12. The average molecular weight is 368 g/mol. The molecule has 1 N–H and O–H groups in total. The lowest BCUT2D eigenvalue weighted by Gasteiger charge is -2.16. The van der Waals surface area contributed by atoms with Crippen molar-refractivity contribution in [3.05, 3.63) is 58.3 Å². The highest BCUT2D eigenvalue weighted by atomic mass is 79.9. The van der Waals surface area contributed by atoms with Crippen LogP contribution >= 0.6 is 27.7 Å². The minimum atomic E-state index is -0.201.